The number of rotatable bonds is 71. The van der Waals surface area contributed by atoms with Gasteiger partial charge in [-0.05, 0) is 89.9 Å². The lowest BCUT2D eigenvalue weighted by molar-refractivity contribution is -0.143. The standard InChI is InChI=1S/C78H147NO5/c1-3-5-7-9-11-13-15-17-19-21-39-42-46-50-54-58-62-66-70-76(81)75(74-80)79-77(82)71-67-63-59-55-51-47-43-40-37-35-33-31-29-27-25-23-22-24-26-28-30-32-34-36-38-41-45-49-53-57-61-65-69-73-84-78(83)72-68-64-60-56-52-48-44-20-18-16-14-12-10-8-6-4-2/h20,26,28,32,34,44,66,70,75-76,80-81H,3-19,21-25,27,29-31,33,35-43,45-65,67-69,71-74H2,1-2H3,(H,79,82)/b28-26-,34-32-,44-20-,70-66+. The van der Waals surface area contributed by atoms with Gasteiger partial charge in [0.05, 0.1) is 25.4 Å². The van der Waals surface area contributed by atoms with E-state index >= 15 is 0 Å². The average Bonchev–Trinajstić information content (AvgIpc) is 3.51. The van der Waals surface area contributed by atoms with Gasteiger partial charge < -0.3 is 20.3 Å². The molecule has 2 atom stereocenters. The van der Waals surface area contributed by atoms with Gasteiger partial charge in [0.1, 0.15) is 0 Å². The molecular formula is C78H147NO5. The van der Waals surface area contributed by atoms with Crippen LogP contribution in [0.3, 0.4) is 0 Å². The Morgan fingerprint density at radius 1 is 0.333 bits per heavy atom. The van der Waals surface area contributed by atoms with Gasteiger partial charge in [-0.1, -0.05) is 358 Å². The summed E-state index contributed by atoms with van der Waals surface area (Å²) in [6.45, 7) is 4.93. The van der Waals surface area contributed by atoms with E-state index in [1.54, 1.807) is 6.08 Å². The second-order valence-corrected chi connectivity index (χ2v) is 26.0. The molecule has 0 saturated heterocycles. The summed E-state index contributed by atoms with van der Waals surface area (Å²) in [7, 11) is 0. The Hall–Kier alpha value is -2.18. The van der Waals surface area contributed by atoms with Gasteiger partial charge in [-0.25, -0.2) is 0 Å². The smallest absolute Gasteiger partial charge is 0.305 e. The number of amides is 1. The van der Waals surface area contributed by atoms with E-state index in [1.807, 2.05) is 6.08 Å². The lowest BCUT2D eigenvalue weighted by Crippen LogP contribution is -2.45. The number of esters is 1. The van der Waals surface area contributed by atoms with Crippen molar-refractivity contribution in [2.75, 3.05) is 13.2 Å². The Kier molecular flexibility index (Phi) is 71.4. The first-order valence-corrected chi connectivity index (χ1v) is 37.9. The Morgan fingerprint density at radius 3 is 0.917 bits per heavy atom. The Morgan fingerprint density at radius 2 is 0.595 bits per heavy atom. The molecule has 0 bridgehead atoms. The molecule has 0 aromatic heterocycles. The number of allylic oxidation sites excluding steroid dienone is 7. The van der Waals surface area contributed by atoms with Crippen molar-refractivity contribution in [3.8, 4) is 0 Å². The van der Waals surface area contributed by atoms with Crippen molar-refractivity contribution < 1.29 is 24.5 Å². The molecule has 1 amide bonds. The van der Waals surface area contributed by atoms with Gasteiger partial charge in [0.25, 0.3) is 0 Å². The molecule has 0 heterocycles. The Balaban J connectivity index is 3.40. The third kappa shape index (κ3) is 68.9. The molecule has 494 valence electrons. The number of unbranched alkanes of at least 4 members (excludes halogenated alkanes) is 54. The molecule has 0 spiro atoms. The third-order valence-corrected chi connectivity index (χ3v) is 17.6. The Bertz CT molecular complexity index is 1400. The largest absolute Gasteiger partial charge is 0.466 e. The topological polar surface area (TPSA) is 95.9 Å². The van der Waals surface area contributed by atoms with Crippen molar-refractivity contribution in [2.45, 2.75) is 424 Å². The van der Waals surface area contributed by atoms with Crippen molar-refractivity contribution >= 4 is 11.9 Å². The maximum absolute atomic E-state index is 12.5. The molecule has 6 heteroatoms. The van der Waals surface area contributed by atoms with Crippen molar-refractivity contribution in [1.29, 1.82) is 0 Å². The maximum Gasteiger partial charge on any atom is 0.305 e. The van der Waals surface area contributed by atoms with Crippen LogP contribution in [0, 0.1) is 0 Å². The van der Waals surface area contributed by atoms with E-state index in [9.17, 15) is 19.8 Å². The number of ether oxygens (including phenoxy) is 1. The first-order valence-electron chi connectivity index (χ1n) is 37.9. The summed E-state index contributed by atoms with van der Waals surface area (Å²) >= 11 is 0. The second kappa shape index (κ2) is 73.3. The van der Waals surface area contributed by atoms with Crippen LogP contribution in [0.1, 0.15) is 412 Å². The molecule has 0 radical (unpaired) electrons. The van der Waals surface area contributed by atoms with Gasteiger partial charge in [0, 0.05) is 12.8 Å². The number of carbonyl (C=O) groups is 2. The van der Waals surface area contributed by atoms with Crippen molar-refractivity contribution in [1.82, 2.24) is 5.32 Å². The monoisotopic (exact) mass is 1180 g/mol. The number of nitrogens with one attached hydrogen (secondary N) is 1. The summed E-state index contributed by atoms with van der Waals surface area (Å²) in [6.07, 6.45) is 96.4. The molecule has 6 nitrogen and oxygen atoms in total. The van der Waals surface area contributed by atoms with Crippen LogP contribution in [-0.4, -0.2) is 47.4 Å². The number of hydrogen-bond donors (Lipinski definition) is 3. The third-order valence-electron chi connectivity index (χ3n) is 17.6. The molecule has 0 aromatic rings. The van der Waals surface area contributed by atoms with Crippen molar-refractivity contribution in [3.05, 3.63) is 48.6 Å². The zero-order chi connectivity index (χ0) is 60.6. The molecule has 2 unspecified atom stereocenters. The zero-order valence-corrected chi connectivity index (χ0v) is 56.6. The number of aliphatic hydroxyl groups excluding tert-OH is 2. The quantitative estimate of drug-likeness (QED) is 0.0320. The minimum Gasteiger partial charge on any atom is -0.466 e. The first kappa shape index (κ1) is 81.8. The second-order valence-electron chi connectivity index (χ2n) is 26.0. The normalized spacial score (nSPS) is 12.8. The molecule has 0 aromatic carbocycles. The van der Waals surface area contributed by atoms with Crippen LogP contribution >= 0.6 is 0 Å². The molecule has 0 saturated carbocycles. The highest BCUT2D eigenvalue weighted by molar-refractivity contribution is 5.76. The van der Waals surface area contributed by atoms with Crippen LogP contribution in [0.15, 0.2) is 48.6 Å². The van der Waals surface area contributed by atoms with Crippen LogP contribution in [-0.2, 0) is 14.3 Å². The molecule has 3 N–H and O–H groups in total. The van der Waals surface area contributed by atoms with Crippen LogP contribution in [0.2, 0.25) is 0 Å². The molecular weight excluding hydrogens is 1030 g/mol. The fraction of sp³-hybridized carbons (Fsp3) is 0.872. The summed E-state index contributed by atoms with van der Waals surface area (Å²) in [5.74, 6) is -0.0562. The van der Waals surface area contributed by atoms with Gasteiger partial charge in [-0.3, -0.25) is 9.59 Å². The molecule has 0 rings (SSSR count). The zero-order valence-electron chi connectivity index (χ0n) is 56.6. The number of carbonyl (C=O) groups excluding carboxylic acids is 2. The summed E-state index contributed by atoms with van der Waals surface area (Å²) in [5, 5.41) is 23.2. The van der Waals surface area contributed by atoms with Crippen molar-refractivity contribution in [2.24, 2.45) is 0 Å². The van der Waals surface area contributed by atoms with E-state index in [-0.39, 0.29) is 18.5 Å². The predicted octanol–water partition coefficient (Wildman–Crippen LogP) is 24.8. The first-order chi connectivity index (χ1) is 41.5. The summed E-state index contributed by atoms with van der Waals surface area (Å²) in [5.41, 5.74) is 0. The van der Waals surface area contributed by atoms with Gasteiger partial charge in [-0.15, -0.1) is 0 Å². The van der Waals surface area contributed by atoms with Gasteiger partial charge >= 0.3 is 5.97 Å². The predicted molar refractivity (Wildman–Crippen MR) is 370 cm³/mol. The van der Waals surface area contributed by atoms with Crippen molar-refractivity contribution in [3.63, 3.8) is 0 Å². The lowest BCUT2D eigenvalue weighted by atomic mass is 10.0. The molecule has 84 heavy (non-hydrogen) atoms. The molecule has 0 fully saturated rings. The maximum atomic E-state index is 12.5. The fourth-order valence-electron chi connectivity index (χ4n) is 11.8. The highest BCUT2D eigenvalue weighted by Gasteiger charge is 2.18. The van der Waals surface area contributed by atoms with Gasteiger partial charge in [0.15, 0.2) is 0 Å². The summed E-state index contributed by atoms with van der Waals surface area (Å²) in [6, 6.07) is -0.628. The number of aliphatic hydroxyl groups is 2. The molecule has 0 aliphatic rings. The summed E-state index contributed by atoms with van der Waals surface area (Å²) < 4.78 is 5.49. The lowest BCUT2D eigenvalue weighted by Gasteiger charge is -2.20. The average molecular weight is 1180 g/mol. The van der Waals surface area contributed by atoms with Crippen LogP contribution < -0.4 is 5.32 Å². The summed E-state index contributed by atoms with van der Waals surface area (Å²) in [4.78, 5) is 24.6. The van der Waals surface area contributed by atoms with Crippen LogP contribution in [0.5, 0.6) is 0 Å². The van der Waals surface area contributed by atoms with E-state index < -0.39 is 12.1 Å². The SMILES string of the molecule is CCCCCCCCC/C=C\CCCCCCCC(=O)OCCCCCCCCCCC/C=C\C/C=C\CCCCCCCCCCCCCCCCCCCC(=O)NC(CO)C(O)/C=C/CCCCCCCCCCCCCCCCCC. The minimum atomic E-state index is -0.844. The van der Waals surface area contributed by atoms with Crippen LogP contribution in [0.4, 0.5) is 0 Å². The van der Waals surface area contributed by atoms with E-state index in [4.69, 9.17) is 4.74 Å². The van der Waals surface area contributed by atoms with Crippen LogP contribution in [0.25, 0.3) is 0 Å². The number of hydrogen-bond acceptors (Lipinski definition) is 5. The van der Waals surface area contributed by atoms with E-state index in [0.29, 0.717) is 19.4 Å². The van der Waals surface area contributed by atoms with Gasteiger partial charge in [-0.2, -0.15) is 0 Å². The minimum absolute atomic E-state index is 0.00687. The van der Waals surface area contributed by atoms with Gasteiger partial charge in [0.2, 0.25) is 5.91 Å². The van der Waals surface area contributed by atoms with E-state index in [0.717, 1.165) is 51.4 Å². The fourth-order valence-corrected chi connectivity index (χ4v) is 11.8. The highest BCUT2D eigenvalue weighted by Crippen LogP contribution is 2.19. The molecule has 0 aliphatic carbocycles. The van der Waals surface area contributed by atoms with E-state index in [2.05, 4.69) is 55.6 Å². The molecule has 0 aliphatic heterocycles. The highest BCUT2D eigenvalue weighted by atomic mass is 16.5. The Labute approximate surface area is 525 Å². The van der Waals surface area contributed by atoms with E-state index in [1.165, 1.54) is 334 Å².